The lowest BCUT2D eigenvalue weighted by molar-refractivity contribution is 0.375. The summed E-state index contributed by atoms with van der Waals surface area (Å²) in [5.41, 5.74) is 12.8. The molecular weight excluding hydrogens is 260 g/mol. The van der Waals surface area contributed by atoms with Gasteiger partial charge in [0.2, 0.25) is 0 Å². The van der Waals surface area contributed by atoms with Gasteiger partial charge in [-0.3, -0.25) is 0 Å². The van der Waals surface area contributed by atoms with E-state index in [1.807, 2.05) is 36.4 Å². The highest BCUT2D eigenvalue weighted by Crippen LogP contribution is 2.23. The van der Waals surface area contributed by atoms with Gasteiger partial charge in [0.05, 0.1) is 11.4 Å². The smallest absolute Gasteiger partial charge is 0.143 e. The summed E-state index contributed by atoms with van der Waals surface area (Å²) < 4.78 is 11.1. The predicted octanol–water partition coefficient (Wildman–Crippen LogP) is 2.96. The third-order valence-corrected chi connectivity index (χ3v) is 3.00. The second-order valence-electron chi connectivity index (χ2n) is 3.80. The molecule has 0 amide bonds. The minimum absolute atomic E-state index is 0.473. The van der Waals surface area contributed by atoms with Gasteiger partial charge >= 0.3 is 0 Å². The topological polar surface area (TPSA) is 70.5 Å². The molecule has 19 heavy (non-hydrogen) atoms. The van der Waals surface area contributed by atoms with Crippen molar-refractivity contribution in [2.24, 2.45) is 0 Å². The van der Waals surface area contributed by atoms with Crippen molar-refractivity contribution >= 4 is 23.1 Å². The summed E-state index contributed by atoms with van der Waals surface area (Å²) in [5, 5.41) is 0. The molecule has 0 radical (unpaired) electrons. The highest BCUT2D eigenvalue weighted by atomic mass is 32.2. The average Bonchev–Trinajstić information content (AvgIpc) is 2.42. The maximum atomic E-state index is 5.76. The van der Waals surface area contributed by atoms with E-state index in [-0.39, 0.29) is 0 Å². The van der Waals surface area contributed by atoms with Gasteiger partial charge in [0, 0.05) is 0 Å². The molecule has 100 valence electrons. The van der Waals surface area contributed by atoms with Gasteiger partial charge in [-0.15, -0.1) is 0 Å². The maximum absolute atomic E-state index is 5.76. The van der Waals surface area contributed by atoms with Crippen LogP contribution in [0.2, 0.25) is 0 Å². The minimum Gasteiger partial charge on any atom is -0.481 e. The first-order chi connectivity index (χ1) is 9.27. The molecular formula is C14H16N2O2S. The van der Waals surface area contributed by atoms with Crippen LogP contribution >= 0.6 is 11.8 Å². The molecule has 0 saturated heterocycles. The van der Waals surface area contributed by atoms with E-state index in [0.717, 1.165) is 0 Å². The second-order valence-corrected chi connectivity index (χ2v) is 4.68. The second kappa shape index (κ2) is 6.80. The number of para-hydroxylation sites is 4. The summed E-state index contributed by atoms with van der Waals surface area (Å²) >= 11 is 1.50. The van der Waals surface area contributed by atoms with E-state index in [9.17, 15) is 0 Å². The van der Waals surface area contributed by atoms with Crippen LogP contribution in [0.4, 0.5) is 11.4 Å². The molecule has 5 heteroatoms. The number of hydrogen-bond donors (Lipinski definition) is 2. The van der Waals surface area contributed by atoms with Gasteiger partial charge in [0.15, 0.2) is 0 Å². The first kappa shape index (κ1) is 13.4. The number of benzene rings is 2. The quantitative estimate of drug-likeness (QED) is 0.482. The van der Waals surface area contributed by atoms with Crippen molar-refractivity contribution in [3.8, 4) is 11.5 Å². The molecule has 2 aromatic rings. The van der Waals surface area contributed by atoms with Gasteiger partial charge < -0.3 is 20.9 Å². The Bertz CT molecular complexity index is 487. The third-order valence-electron chi connectivity index (χ3n) is 2.43. The largest absolute Gasteiger partial charge is 0.481 e. The standard InChI is InChI=1S/C14H16N2O2S/c15-11-5-1-3-7-13(11)17-9-19-10-18-14-8-4-2-6-12(14)16/h1-8H,9-10,15-16H2. The molecule has 0 aliphatic carbocycles. The van der Waals surface area contributed by atoms with E-state index in [4.69, 9.17) is 20.9 Å². The lowest BCUT2D eigenvalue weighted by Gasteiger charge is -2.10. The van der Waals surface area contributed by atoms with Gasteiger partial charge in [-0.1, -0.05) is 36.0 Å². The molecule has 0 bridgehead atoms. The first-order valence-corrected chi connectivity index (χ1v) is 6.95. The number of ether oxygens (including phenoxy) is 2. The molecule has 0 spiro atoms. The van der Waals surface area contributed by atoms with E-state index in [1.54, 1.807) is 12.1 Å². The highest BCUT2D eigenvalue weighted by Gasteiger charge is 2.00. The Morgan fingerprint density at radius 1 is 0.737 bits per heavy atom. The summed E-state index contributed by atoms with van der Waals surface area (Å²) in [6.45, 7) is 0. The number of nitrogens with two attached hydrogens (primary N) is 2. The van der Waals surface area contributed by atoms with Crippen molar-refractivity contribution in [2.75, 3.05) is 23.3 Å². The Morgan fingerprint density at radius 3 is 1.58 bits per heavy atom. The van der Waals surface area contributed by atoms with E-state index in [0.29, 0.717) is 34.8 Å². The molecule has 0 aliphatic heterocycles. The molecule has 4 N–H and O–H groups in total. The van der Waals surface area contributed by atoms with Crippen LogP contribution in [0.3, 0.4) is 0 Å². The zero-order valence-electron chi connectivity index (χ0n) is 10.4. The zero-order chi connectivity index (χ0) is 13.5. The van der Waals surface area contributed by atoms with Crippen LogP contribution in [0.1, 0.15) is 0 Å². The summed E-state index contributed by atoms with van der Waals surface area (Å²) in [6, 6.07) is 14.8. The predicted molar refractivity (Wildman–Crippen MR) is 80.3 cm³/mol. The van der Waals surface area contributed by atoms with Crippen LogP contribution in [0.15, 0.2) is 48.5 Å². The Labute approximate surface area is 116 Å². The maximum Gasteiger partial charge on any atom is 0.143 e. The lowest BCUT2D eigenvalue weighted by atomic mass is 10.3. The van der Waals surface area contributed by atoms with Crippen LogP contribution in [0, 0.1) is 0 Å². The van der Waals surface area contributed by atoms with Crippen LogP contribution in [0.5, 0.6) is 11.5 Å². The van der Waals surface area contributed by atoms with Crippen molar-refractivity contribution in [3.05, 3.63) is 48.5 Å². The summed E-state index contributed by atoms with van der Waals surface area (Å²) in [4.78, 5) is 0. The number of anilines is 2. The number of rotatable bonds is 6. The molecule has 0 atom stereocenters. The van der Waals surface area contributed by atoms with Gasteiger partial charge in [-0.2, -0.15) is 0 Å². The average molecular weight is 276 g/mol. The van der Waals surface area contributed by atoms with E-state index in [2.05, 4.69) is 0 Å². The molecule has 2 rings (SSSR count). The van der Waals surface area contributed by atoms with Crippen molar-refractivity contribution in [1.82, 2.24) is 0 Å². The number of thioether (sulfide) groups is 1. The summed E-state index contributed by atoms with van der Waals surface area (Å²) in [7, 11) is 0. The van der Waals surface area contributed by atoms with E-state index >= 15 is 0 Å². The monoisotopic (exact) mass is 276 g/mol. The fourth-order valence-electron chi connectivity index (χ4n) is 1.47. The van der Waals surface area contributed by atoms with Crippen LogP contribution in [-0.2, 0) is 0 Å². The minimum atomic E-state index is 0.473. The Morgan fingerprint density at radius 2 is 1.16 bits per heavy atom. The van der Waals surface area contributed by atoms with Crippen LogP contribution < -0.4 is 20.9 Å². The summed E-state index contributed by atoms with van der Waals surface area (Å²) in [6.07, 6.45) is 0. The van der Waals surface area contributed by atoms with E-state index < -0.39 is 0 Å². The van der Waals surface area contributed by atoms with Crippen molar-refractivity contribution in [2.45, 2.75) is 0 Å². The number of hydrogen-bond acceptors (Lipinski definition) is 5. The summed E-state index contributed by atoms with van der Waals surface area (Å²) in [5.74, 6) is 2.32. The van der Waals surface area contributed by atoms with Crippen molar-refractivity contribution in [3.63, 3.8) is 0 Å². The molecule has 2 aromatic carbocycles. The van der Waals surface area contributed by atoms with Gasteiger partial charge in [-0.25, -0.2) is 0 Å². The lowest BCUT2D eigenvalue weighted by Crippen LogP contribution is -2.01. The van der Waals surface area contributed by atoms with Crippen LogP contribution in [0.25, 0.3) is 0 Å². The van der Waals surface area contributed by atoms with Gasteiger partial charge in [0.1, 0.15) is 23.4 Å². The number of nitrogen functional groups attached to an aromatic ring is 2. The van der Waals surface area contributed by atoms with Crippen molar-refractivity contribution in [1.29, 1.82) is 0 Å². The van der Waals surface area contributed by atoms with Gasteiger partial charge in [0.25, 0.3) is 0 Å². The SMILES string of the molecule is Nc1ccccc1OCSCOc1ccccc1N. The Hall–Kier alpha value is -2.01. The molecule has 4 nitrogen and oxygen atoms in total. The first-order valence-electron chi connectivity index (χ1n) is 5.79. The molecule has 0 saturated carbocycles. The van der Waals surface area contributed by atoms with Crippen molar-refractivity contribution < 1.29 is 9.47 Å². The van der Waals surface area contributed by atoms with Crippen LogP contribution in [-0.4, -0.2) is 11.9 Å². The molecule has 0 aliphatic rings. The zero-order valence-corrected chi connectivity index (χ0v) is 11.2. The third kappa shape index (κ3) is 3.99. The van der Waals surface area contributed by atoms with Gasteiger partial charge in [-0.05, 0) is 24.3 Å². The fraction of sp³-hybridized carbons (Fsp3) is 0.143. The highest BCUT2D eigenvalue weighted by molar-refractivity contribution is 7.99. The molecule has 0 unspecified atom stereocenters. The normalized spacial score (nSPS) is 10.1. The molecule has 0 aromatic heterocycles. The molecule has 0 heterocycles. The molecule has 0 fully saturated rings. The van der Waals surface area contributed by atoms with E-state index in [1.165, 1.54) is 11.8 Å². The Balaban J connectivity index is 1.71. The fourth-order valence-corrected chi connectivity index (χ4v) is 1.96. The Kier molecular flexibility index (Phi) is 4.80.